The SMILES string of the molecule is CCCc1n[nH]c(=S)n1CC(=O)Nc1cccc(S(=O)(=O)N2CCCCCC2)c1. The Labute approximate surface area is 176 Å². The molecule has 1 aromatic heterocycles. The van der Waals surface area contributed by atoms with E-state index in [1.807, 2.05) is 6.92 Å². The predicted molar refractivity (Wildman–Crippen MR) is 114 cm³/mol. The summed E-state index contributed by atoms with van der Waals surface area (Å²) in [6.45, 7) is 3.13. The van der Waals surface area contributed by atoms with E-state index in [2.05, 4.69) is 15.5 Å². The molecule has 0 saturated carbocycles. The Bertz CT molecular complexity index is 1000. The first-order valence-corrected chi connectivity index (χ1v) is 11.8. The van der Waals surface area contributed by atoms with Crippen molar-refractivity contribution in [3.63, 3.8) is 0 Å². The molecule has 1 aliphatic heterocycles. The molecule has 2 aromatic rings. The van der Waals surface area contributed by atoms with Gasteiger partial charge in [0.1, 0.15) is 12.4 Å². The number of rotatable bonds is 7. The lowest BCUT2D eigenvalue weighted by Crippen LogP contribution is -2.32. The van der Waals surface area contributed by atoms with E-state index in [4.69, 9.17) is 12.2 Å². The molecule has 0 bridgehead atoms. The first-order chi connectivity index (χ1) is 13.9. The Morgan fingerprint density at radius 3 is 2.66 bits per heavy atom. The summed E-state index contributed by atoms with van der Waals surface area (Å²) in [4.78, 5) is 12.7. The van der Waals surface area contributed by atoms with Crippen molar-refractivity contribution in [1.82, 2.24) is 19.1 Å². The first-order valence-electron chi connectivity index (χ1n) is 9.96. The van der Waals surface area contributed by atoms with Crippen LogP contribution in [0.25, 0.3) is 0 Å². The number of aromatic nitrogens is 3. The maximum absolute atomic E-state index is 13.0. The van der Waals surface area contributed by atoms with Gasteiger partial charge in [-0.3, -0.25) is 14.5 Å². The summed E-state index contributed by atoms with van der Waals surface area (Å²) < 4.78 is 29.5. The lowest BCUT2D eigenvalue weighted by atomic mass is 10.2. The molecule has 0 atom stereocenters. The summed E-state index contributed by atoms with van der Waals surface area (Å²) in [5, 5.41) is 9.64. The quantitative estimate of drug-likeness (QED) is 0.649. The largest absolute Gasteiger partial charge is 0.324 e. The highest BCUT2D eigenvalue weighted by atomic mass is 32.2. The Balaban J connectivity index is 1.73. The monoisotopic (exact) mass is 437 g/mol. The molecule has 3 rings (SSSR count). The number of carbonyl (C=O) groups excluding carboxylic acids is 1. The Morgan fingerprint density at radius 2 is 1.97 bits per heavy atom. The molecular weight excluding hydrogens is 410 g/mol. The topological polar surface area (TPSA) is 100 Å². The molecule has 0 radical (unpaired) electrons. The van der Waals surface area contributed by atoms with E-state index in [-0.39, 0.29) is 17.3 Å². The number of sulfonamides is 1. The van der Waals surface area contributed by atoms with Crippen molar-refractivity contribution >= 4 is 33.8 Å². The number of carbonyl (C=O) groups is 1. The van der Waals surface area contributed by atoms with Gasteiger partial charge in [-0.2, -0.15) is 9.40 Å². The molecule has 10 heteroatoms. The molecule has 0 unspecified atom stereocenters. The Morgan fingerprint density at radius 1 is 1.24 bits per heavy atom. The van der Waals surface area contributed by atoms with Crippen LogP contribution in [0.4, 0.5) is 5.69 Å². The van der Waals surface area contributed by atoms with Crippen LogP contribution in [-0.4, -0.2) is 46.5 Å². The predicted octanol–water partition coefficient (Wildman–Crippen LogP) is 3.10. The minimum absolute atomic E-state index is 0.0216. The van der Waals surface area contributed by atoms with Crippen LogP contribution in [0.3, 0.4) is 0 Å². The maximum atomic E-state index is 13.0. The van der Waals surface area contributed by atoms with E-state index < -0.39 is 10.0 Å². The number of hydrogen-bond donors (Lipinski definition) is 2. The van der Waals surface area contributed by atoms with Crippen LogP contribution in [0.2, 0.25) is 0 Å². The molecule has 158 valence electrons. The standard InChI is InChI=1S/C19H27N5O3S2/c1-2-8-17-21-22-19(28)24(17)14-18(25)20-15-9-7-10-16(13-15)29(26,27)23-11-5-3-4-6-12-23/h7,9-10,13H,2-6,8,11-12,14H2,1H3,(H,20,25)(H,22,28). The van der Waals surface area contributed by atoms with Gasteiger partial charge in [-0.25, -0.2) is 8.42 Å². The van der Waals surface area contributed by atoms with Crippen LogP contribution in [0, 0.1) is 4.77 Å². The number of aromatic amines is 1. The van der Waals surface area contributed by atoms with Crippen molar-refractivity contribution in [2.75, 3.05) is 18.4 Å². The second kappa shape index (κ2) is 9.64. The van der Waals surface area contributed by atoms with E-state index >= 15 is 0 Å². The molecule has 8 nitrogen and oxygen atoms in total. The summed E-state index contributed by atoms with van der Waals surface area (Å²) in [6, 6.07) is 6.41. The summed E-state index contributed by atoms with van der Waals surface area (Å²) in [6.07, 6.45) is 5.46. The fourth-order valence-corrected chi connectivity index (χ4v) is 5.22. The Hall–Kier alpha value is -2.04. The van der Waals surface area contributed by atoms with Gasteiger partial charge in [0.25, 0.3) is 0 Å². The highest BCUT2D eigenvalue weighted by Gasteiger charge is 2.25. The van der Waals surface area contributed by atoms with E-state index in [9.17, 15) is 13.2 Å². The van der Waals surface area contributed by atoms with Gasteiger partial charge in [-0.15, -0.1) is 0 Å². The molecule has 2 heterocycles. The zero-order valence-corrected chi connectivity index (χ0v) is 18.2. The number of anilines is 1. The van der Waals surface area contributed by atoms with E-state index in [0.717, 1.165) is 37.9 Å². The lowest BCUT2D eigenvalue weighted by Gasteiger charge is -2.20. The second-order valence-electron chi connectivity index (χ2n) is 7.18. The second-order valence-corrected chi connectivity index (χ2v) is 9.50. The molecule has 1 fully saturated rings. The number of nitrogens with one attached hydrogen (secondary N) is 2. The number of aryl methyl sites for hydroxylation is 1. The third kappa shape index (κ3) is 5.31. The average Bonchev–Trinajstić information content (AvgIpc) is 2.90. The van der Waals surface area contributed by atoms with Gasteiger partial charge < -0.3 is 5.32 Å². The minimum atomic E-state index is -3.57. The number of hydrogen-bond acceptors (Lipinski definition) is 5. The minimum Gasteiger partial charge on any atom is -0.324 e. The maximum Gasteiger partial charge on any atom is 0.244 e. The number of benzene rings is 1. The van der Waals surface area contributed by atoms with Crippen LogP contribution in [0.5, 0.6) is 0 Å². The first kappa shape index (κ1) is 21.7. The summed E-state index contributed by atoms with van der Waals surface area (Å²) in [5.74, 6) is 0.439. The van der Waals surface area contributed by atoms with Gasteiger partial charge in [-0.05, 0) is 49.7 Å². The van der Waals surface area contributed by atoms with Gasteiger partial charge in [-0.1, -0.05) is 25.8 Å². The fraction of sp³-hybridized carbons (Fsp3) is 0.526. The zero-order chi connectivity index (χ0) is 20.9. The van der Waals surface area contributed by atoms with Gasteiger partial charge in [0.05, 0.1) is 4.90 Å². The van der Waals surface area contributed by atoms with Crippen molar-refractivity contribution in [2.24, 2.45) is 0 Å². The van der Waals surface area contributed by atoms with Crippen LogP contribution < -0.4 is 5.32 Å². The molecule has 1 aliphatic rings. The number of H-pyrrole nitrogens is 1. The molecule has 1 aromatic carbocycles. The number of amides is 1. The Kier molecular flexibility index (Phi) is 7.20. The van der Waals surface area contributed by atoms with Crippen LogP contribution in [0.1, 0.15) is 44.9 Å². The summed E-state index contributed by atoms with van der Waals surface area (Å²) in [5.41, 5.74) is 0.443. The number of nitrogens with zero attached hydrogens (tertiary/aromatic N) is 3. The fourth-order valence-electron chi connectivity index (χ4n) is 3.44. The third-order valence-corrected chi connectivity index (χ3v) is 7.14. The molecule has 29 heavy (non-hydrogen) atoms. The van der Waals surface area contributed by atoms with E-state index in [0.29, 0.717) is 30.0 Å². The normalized spacial score (nSPS) is 15.8. The smallest absolute Gasteiger partial charge is 0.244 e. The van der Waals surface area contributed by atoms with Crippen molar-refractivity contribution in [3.8, 4) is 0 Å². The van der Waals surface area contributed by atoms with Gasteiger partial charge in [0.2, 0.25) is 15.9 Å². The van der Waals surface area contributed by atoms with Gasteiger partial charge in [0.15, 0.2) is 4.77 Å². The lowest BCUT2D eigenvalue weighted by molar-refractivity contribution is -0.116. The highest BCUT2D eigenvalue weighted by Crippen LogP contribution is 2.22. The molecule has 1 saturated heterocycles. The highest BCUT2D eigenvalue weighted by molar-refractivity contribution is 7.89. The van der Waals surface area contributed by atoms with Gasteiger partial charge >= 0.3 is 0 Å². The summed E-state index contributed by atoms with van der Waals surface area (Å²) >= 11 is 5.20. The van der Waals surface area contributed by atoms with Crippen LogP contribution in [0.15, 0.2) is 29.2 Å². The van der Waals surface area contributed by atoms with E-state index in [1.165, 1.54) is 6.07 Å². The molecular formula is C19H27N5O3S2. The molecule has 0 spiro atoms. The average molecular weight is 438 g/mol. The van der Waals surface area contributed by atoms with E-state index in [1.54, 1.807) is 27.1 Å². The molecule has 2 N–H and O–H groups in total. The van der Waals surface area contributed by atoms with Crippen molar-refractivity contribution in [3.05, 3.63) is 34.9 Å². The van der Waals surface area contributed by atoms with Gasteiger partial charge in [0, 0.05) is 25.2 Å². The summed E-state index contributed by atoms with van der Waals surface area (Å²) in [7, 11) is -3.57. The van der Waals surface area contributed by atoms with Crippen molar-refractivity contribution in [2.45, 2.75) is 56.9 Å². The zero-order valence-electron chi connectivity index (χ0n) is 16.6. The van der Waals surface area contributed by atoms with Crippen molar-refractivity contribution < 1.29 is 13.2 Å². The van der Waals surface area contributed by atoms with Crippen molar-refractivity contribution in [1.29, 1.82) is 0 Å². The van der Waals surface area contributed by atoms with Crippen LogP contribution in [-0.2, 0) is 27.8 Å². The van der Waals surface area contributed by atoms with Crippen LogP contribution >= 0.6 is 12.2 Å². The third-order valence-electron chi connectivity index (χ3n) is 4.93. The molecule has 1 amide bonds. The molecule has 0 aliphatic carbocycles.